The van der Waals surface area contributed by atoms with Crippen LogP contribution in [0.1, 0.15) is 19.8 Å². The fourth-order valence-corrected chi connectivity index (χ4v) is 2.49. The van der Waals surface area contributed by atoms with Crippen molar-refractivity contribution in [2.75, 3.05) is 12.3 Å². The van der Waals surface area contributed by atoms with Crippen molar-refractivity contribution in [1.82, 2.24) is 9.55 Å². The van der Waals surface area contributed by atoms with Crippen LogP contribution in [0.15, 0.2) is 29.2 Å². The van der Waals surface area contributed by atoms with Crippen molar-refractivity contribution in [3.63, 3.8) is 0 Å². The molecule has 122 valence electrons. The molecule has 0 aliphatic carbocycles. The average molecular weight is 311 g/mol. The van der Waals surface area contributed by atoms with Crippen molar-refractivity contribution in [2.24, 2.45) is 0 Å². The summed E-state index contributed by atoms with van der Waals surface area (Å²) in [6.07, 6.45) is 2.40. The van der Waals surface area contributed by atoms with Crippen molar-refractivity contribution in [3.8, 4) is 0 Å². The van der Waals surface area contributed by atoms with E-state index in [2.05, 4.69) is 4.98 Å². The van der Waals surface area contributed by atoms with Crippen molar-refractivity contribution in [3.05, 3.63) is 34.9 Å². The number of rotatable bonds is 5. The molecule has 22 heavy (non-hydrogen) atoms. The Morgan fingerprint density at radius 1 is 1.55 bits per heavy atom. The van der Waals surface area contributed by atoms with E-state index in [0.717, 1.165) is 11.0 Å². The average Bonchev–Trinajstić information content (AvgIpc) is 2.73. The highest BCUT2D eigenvalue weighted by molar-refractivity contribution is 5.25. The van der Waals surface area contributed by atoms with Crippen molar-refractivity contribution in [1.29, 1.82) is 0 Å². The minimum absolute atomic E-state index is 0.0423. The van der Waals surface area contributed by atoms with Crippen LogP contribution in [0.4, 0.5) is 5.82 Å². The van der Waals surface area contributed by atoms with Crippen LogP contribution in [0.25, 0.3) is 0 Å². The molecular formula is C14H21N3O5. The molecule has 5 N–H and O–H groups in total. The number of hydrogen-bond donors (Lipinski definition) is 4. The van der Waals surface area contributed by atoms with Gasteiger partial charge in [0.15, 0.2) is 5.72 Å². The number of aliphatic hydroxyl groups is 3. The van der Waals surface area contributed by atoms with Crippen LogP contribution in [-0.4, -0.2) is 49.8 Å². The Hall–Kier alpha value is -1.74. The predicted molar refractivity (Wildman–Crippen MR) is 78.9 cm³/mol. The summed E-state index contributed by atoms with van der Waals surface area (Å²) in [5.41, 5.74) is 3.13. The number of ether oxygens (including phenoxy) is 1. The Morgan fingerprint density at radius 3 is 2.82 bits per heavy atom. The van der Waals surface area contributed by atoms with Gasteiger partial charge >= 0.3 is 5.69 Å². The monoisotopic (exact) mass is 311 g/mol. The van der Waals surface area contributed by atoms with Crippen molar-refractivity contribution in [2.45, 2.75) is 43.8 Å². The van der Waals surface area contributed by atoms with Crippen LogP contribution in [0.5, 0.6) is 0 Å². The van der Waals surface area contributed by atoms with Crippen molar-refractivity contribution < 1.29 is 20.1 Å². The maximum atomic E-state index is 12.1. The number of nitrogens with two attached hydrogens (primary N) is 1. The van der Waals surface area contributed by atoms with Gasteiger partial charge in [0.25, 0.3) is 0 Å². The van der Waals surface area contributed by atoms with E-state index < -0.39 is 36.3 Å². The van der Waals surface area contributed by atoms with Gasteiger partial charge in [-0.25, -0.2) is 4.79 Å². The summed E-state index contributed by atoms with van der Waals surface area (Å²) in [6.45, 7) is 1.49. The molecule has 1 saturated heterocycles. The van der Waals surface area contributed by atoms with Gasteiger partial charge in [-0.3, -0.25) is 4.57 Å². The lowest BCUT2D eigenvalue weighted by Gasteiger charge is -2.30. The molecule has 2 rings (SSSR count). The zero-order valence-corrected chi connectivity index (χ0v) is 12.3. The summed E-state index contributed by atoms with van der Waals surface area (Å²) >= 11 is 0. The van der Waals surface area contributed by atoms with Crippen molar-refractivity contribution >= 4 is 5.82 Å². The molecule has 1 fully saturated rings. The summed E-state index contributed by atoms with van der Waals surface area (Å²) in [7, 11) is 0. The third kappa shape index (κ3) is 2.78. The number of aliphatic hydroxyl groups excluding tert-OH is 3. The third-order valence-corrected chi connectivity index (χ3v) is 3.66. The number of allylic oxidation sites excluding steroid dienone is 1. The zero-order chi connectivity index (χ0) is 16.3. The van der Waals surface area contributed by atoms with E-state index in [0.29, 0.717) is 6.42 Å². The van der Waals surface area contributed by atoms with E-state index in [9.17, 15) is 20.1 Å². The highest BCUT2D eigenvalue weighted by Gasteiger charge is 2.54. The van der Waals surface area contributed by atoms with Gasteiger partial charge in [0.05, 0.1) is 6.61 Å². The molecule has 8 heteroatoms. The minimum Gasteiger partial charge on any atom is -0.394 e. The minimum atomic E-state index is -1.63. The van der Waals surface area contributed by atoms with Gasteiger partial charge in [-0.05, 0) is 18.6 Å². The first kappa shape index (κ1) is 16.6. The number of unbranched alkanes of at least 4 members (excludes halogenated alkanes) is 1. The molecule has 0 saturated carbocycles. The summed E-state index contributed by atoms with van der Waals surface area (Å²) in [5.74, 6) is 0.0423. The van der Waals surface area contributed by atoms with Crippen LogP contribution in [0.3, 0.4) is 0 Å². The van der Waals surface area contributed by atoms with Gasteiger partial charge in [-0.15, -0.1) is 0 Å². The van der Waals surface area contributed by atoms with E-state index in [1.807, 2.05) is 6.92 Å². The quantitative estimate of drug-likeness (QED) is 0.510. The third-order valence-electron chi connectivity index (χ3n) is 3.66. The zero-order valence-electron chi connectivity index (χ0n) is 12.3. The summed E-state index contributed by atoms with van der Waals surface area (Å²) in [6, 6.07) is 1.39. The molecule has 1 aliphatic rings. The van der Waals surface area contributed by atoms with Crippen LogP contribution in [0.2, 0.25) is 0 Å². The van der Waals surface area contributed by atoms with Crippen LogP contribution < -0.4 is 11.4 Å². The molecule has 0 spiro atoms. The molecule has 0 aromatic carbocycles. The Labute approximate surface area is 127 Å². The standard InChI is InChI=1S/C14H21N3O5/c1-2-3-4-6-14(12(20)11(19)9(8-18)22-14)17-7-5-10(15)16-13(17)21/h4-7,9,11-12,18-20H,2-3,8H2,1H3,(H2,15,16,21)/t9-,11-,12-,14-/m1/s1. The van der Waals surface area contributed by atoms with Gasteiger partial charge < -0.3 is 25.8 Å². The lowest BCUT2D eigenvalue weighted by atomic mass is 10.0. The van der Waals surface area contributed by atoms with Crippen LogP contribution in [-0.2, 0) is 10.5 Å². The maximum Gasteiger partial charge on any atom is 0.352 e. The molecule has 2 heterocycles. The largest absolute Gasteiger partial charge is 0.394 e. The first-order valence-corrected chi connectivity index (χ1v) is 7.14. The van der Waals surface area contributed by atoms with Crippen LogP contribution in [0, 0.1) is 0 Å². The Kier molecular flexibility index (Phi) is 4.97. The lowest BCUT2D eigenvalue weighted by Crippen LogP contribution is -2.49. The Morgan fingerprint density at radius 2 is 2.27 bits per heavy atom. The molecule has 0 unspecified atom stereocenters. The second-order valence-electron chi connectivity index (χ2n) is 5.22. The molecule has 1 aromatic rings. The fourth-order valence-electron chi connectivity index (χ4n) is 2.49. The SMILES string of the molecule is CCCC=C[C@@]1(n2ccc(N)nc2=O)O[C@H](CO)[C@@H](O)[C@H]1O. The first-order valence-electron chi connectivity index (χ1n) is 7.14. The number of nitrogen functional groups attached to an aromatic ring is 1. The van der Waals surface area contributed by atoms with E-state index in [1.54, 1.807) is 6.08 Å². The molecule has 8 nitrogen and oxygen atoms in total. The lowest BCUT2D eigenvalue weighted by molar-refractivity contribution is -0.115. The van der Waals surface area contributed by atoms with Crippen LogP contribution >= 0.6 is 0 Å². The predicted octanol–water partition coefficient (Wildman–Crippen LogP) is -1.05. The van der Waals surface area contributed by atoms with Gasteiger partial charge in [0.1, 0.15) is 24.1 Å². The number of nitrogens with zero attached hydrogens (tertiary/aromatic N) is 2. The van der Waals surface area contributed by atoms with Gasteiger partial charge in [-0.2, -0.15) is 4.98 Å². The number of hydrogen-bond acceptors (Lipinski definition) is 7. The Bertz CT molecular complexity index is 602. The molecule has 1 aromatic heterocycles. The molecule has 1 aliphatic heterocycles. The summed E-state index contributed by atoms with van der Waals surface area (Å²) < 4.78 is 6.69. The maximum absolute atomic E-state index is 12.1. The van der Waals surface area contributed by atoms with Gasteiger partial charge in [0.2, 0.25) is 0 Å². The summed E-state index contributed by atoms with van der Waals surface area (Å²) in [5, 5.41) is 29.7. The van der Waals surface area contributed by atoms with Gasteiger partial charge in [-0.1, -0.05) is 19.4 Å². The smallest absolute Gasteiger partial charge is 0.352 e. The highest BCUT2D eigenvalue weighted by atomic mass is 16.6. The van der Waals surface area contributed by atoms with E-state index >= 15 is 0 Å². The molecule has 0 bridgehead atoms. The Balaban J connectivity index is 2.54. The normalized spacial score (nSPS) is 31.9. The number of anilines is 1. The molecule has 0 amide bonds. The fraction of sp³-hybridized carbons (Fsp3) is 0.571. The number of aromatic nitrogens is 2. The molecular weight excluding hydrogens is 290 g/mol. The molecule has 0 radical (unpaired) electrons. The highest BCUT2D eigenvalue weighted by Crippen LogP contribution is 2.36. The van der Waals surface area contributed by atoms with E-state index in [4.69, 9.17) is 10.5 Å². The van der Waals surface area contributed by atoms with E-state index in [1.165, 1.54) is 18.3 Å². The topological polar surface area (TPSA) is 131 Å². The molecule has 4 atom stereocenters. The van der Waals surface area contributed by atoms with Gasteiger partial charge in [0, 0.05) is 6.20 Å². The second-order valence-corrected chi connectivity index (χ2v) is 5.22. The summed E-state index contributed by atoms with van der Waals surface area (Å²) in [4.78, 5) is 15.7. The second kappa shape index (κ2) is 6.57. The first-order chi connectivity index (χ1) is 10.5. The van der Waals surface area contributed by atoms with E-state index in [-0.39, 0.29) is 5.82 Å².